The maximum absolute atomic E-state index is 12.3. The highest BCUT2D eigenvalue weighted by molar-refractivity contribution is 7.89. The highest BCUT2D eigenvalue weighted by Crippen LogP contribution is 2.17. The number of piperazine rings is 1. The van der Waals surface area contributed by atoms with Gasteiger partial charge in [0.2, 0.25) is 15.9 Å². The number of carbonyl (C=O) groups excluding carboxylic acids is 1. The summed E-state index contributed by atoms with van der Waals surface area (Å²) in [5.74, 6) is -0.262. The first kappa shape index (κ1) is 14.0. The molecule has 0 saturated carbocycles. The summed E-state index contributed by atoms with van der Waals surface area (Å²) >= 11 is 0. The van der Waals surface area contributed by atoms with Crippen molar-refractivity contribution in [1.82, 2.24) is 14.9 Å². The minimum atomic E-state index is -3.57. The van der Waals surface area contributed by atoms with E-state index in [9.17, 15) is 13.2 Å². The molecule has 1 heterocycles. The van der Waals surface area contributed by atoms with Gasteiger partial charge in [0.1, 0.15) is 0 Å². The monoisotopic (exact) mass is 283 g/mol. The summed E-state index contributed by atoms with van der Waals surface area (Å²) in [5, 5.41) is 5.61. The Labute approximate surface area is 112 Å². The Bertz CT molecular complexity index is 554. The van der Waals surface area contributed by atoms with E-state index < -0.39 is 10.0 Å². The highest BCUT2D eigenvalue weighted by Gasteiger charge is 2.28. The fourth-order valence-corrected chi connectivity index (χ4v) is 3.35. The maximum atomic E-state index is 12.3. The van der Waals surface area contributed by atoms with Crippen LogP contribution in [0.5, 0.6) is 0 Å². The normalized spacial score (nSPS) is 17.2. The number of benzene rings is 1. The van der Waals surface area contributed by atoms with Crippen LogP contribution in [0.15, 0.2) is 29.2 Å². The third-order valence-electron chi connectivity index (χ3n) is 2.95. The van der Waals surface area contributed by atoms with Gasteiger partial charge in [-0.2, -0.15) is 4.31 Å². The number of rotatable bonds is 4. The first-order valence-electron chi connectivity index (χ1n) is 6.04. The van der Waals surface area contributed by atoms with E-state index in [1.54, 1.807) is 24.3 Å². The molecular weight excluding hydrogens is 266 g/mol. The number of carbonyl (C=O) groups is 1. The second-order valence-corrected chi connectivity index (χ2v) is 6.30. The zero-order valence-electron chi connectivity index (χ0n) is 10.7. The second-order valence-electron chi connectivity index (χ2n) is 4.36. The average molecular weight is 283 g/mol. The molecule has 2 N–H and O–H groups in total. The molecule has 7 heteroatoms. The van der Waals surface area contributed by atoms with E-state index in [0.29, 0.717) is 19.6 Å². The predicted octanol–water partition coefficient (Wildman–Crippen LogP) is -0.473. The van der Waals surface area contributed by atoms with Crippen molar-refractivity contribution >= 4 is 15.9 Å². The van der Waals surface area contributed by atoms with E-state index in [1.807, 2.05) is 7.05 Å². The molecule has 1 aromatic carbocycles. The number of hydrogen-bond acceptors (Lipinski definition) is 4. The van der Waals surface area contributed by atoms with Crippen LogP contribution in [0, 0.1) is 0 Å². The molecule has 0 aliphatic carbocycles. The zero-order chi connectivity index (χ0) is 13.9. The van der Waals surface area contributed by atoms with Gasteiger partial charge in [0.05, 0.1) is 11.4 Å². The molecule has 6 nitrogen and oxygen atoms in total. The summed E-state index contributed by atoms with van der Waals surface area (Å²) in [6.45, 7) is 1.25. The summed E-state index contributed by atoms with van der Waals surface area (Å²) < 4.78 is 25.9. The molecule has 0 unspecified atom stereocenters. The minimum Gasteiger partial charge on any atom is -0.354 e. The number of sulfonamides is 1. The van der Waals surface area contributed by atoms with Gasteiger partial charge in [-0.05, 0) is 24.7 Å². The Hall–Kier alpha value is -1.44. The van der Waals surface area contributed by atoms with Crippen molar-refractivity contribution in [1.29, 1.82) is 0 Å². The third kappa shape index (κ3) is 3.12. The predicted molar refractivity (Wildman–Crippen MR) is 71.0 cm³/mol. The van der Waals surface area contributed by atoms with Gasteiger partial charge in [-0.1, -0.05) is 12.1 Å². The lowest BCUT2D eigenvalue weighted by atomic mass is 10.2. The van der Waals surface area contributed by atoms with Crippen LogP contribution in [-0.2, 0) is 21.4 Å². The van der Waals surface area contributed by atoms with Gasteiger partial charge < -0.3 is 10.6 Å². The molecule has 1 saturated heterocycles. The smallest absolute Gasteiger partial charge is 0.243 e. The largest absolute Gasteiger partial charge is 0.354 e. The first-order chi connectivity index (χ1) is 9.04. The van der Waals surface area contributed by atoms with Crippen LogP contribution in [0.1, 0.15) is 5.56 Å². The topological polar surface area (TPSA) is 78.5 Å². The fraction of sp³-hybridized carbons (Fsp3) is 0.417. The molecule has 19 heavy (non-hydrogen) atoms. The van der Waals surface area contributed by atoms with Gasteiger partial charge in [-0.15, -0.1) is 0 Å². The molecule has 0 radical (unpaired) electrons. The van der Waals surface area contributed by atoms with Crippen molar-refractivity contribution < 1.29 is 13.2 Å². The summed E-state index contributed by atoms with van der Waals surface area (Å²) in [7, 11) is -1.74. The van der Waals surface area contributed by atoms with E-state index >= 15 is 0 Å². The molecule has 0 spiro atoms. The quantitative estimate of drug-likeness (QED) is 0.783. The van der Waals surface area contributed by atoms with E-state index in [0.717, 1.165) is 5.56 Å². The minimum absolute atomic E-state index is 0.111. The summed E-state index contributed by atoms with van der Waals surface area (Å²) in [4.78, 5) is 11.5. The standard InChI is InChI=1S/C12H17N3O3S/c1-13-8-10-2-4-11(5-3-10)19(17,18)15-7-6-14-12(16)9-15/h2-5,13H,6-9H2,1H3,(H,14,16). The Morgan fingerprint density at radius 2 is 2.00 bits per heavy atom. The lowest BCUT2D eigenvalue weighted by Gasteiger charge is -2.25. The van der Waals surface area contributed by atoms with Gasteiger partial charge in [0.15, 0.2) is 0 Å². The van der Waals surface area contributed by atoms with Gasteiger partial charge in [-0.3, -0.25) is 4.79 Å². The van der Waals surface area contributed by atoms with E-state index in [2.05, 4.69) is 10.6 Å². The molecule has 1 aliphatic heterocycles. The average Bonchev–Trinajstić information content (AvgIpc) is 2.40. The van der Waals surface area contributed by atoms with Crippen molar-refractivity contribution in [2.45, 2.75) is 11.4 Å². The molecule has 104 valence electrons. The summed E-state index contributed by atoms with van der Waals surface area (Å²) in [6, 6.07) is 6.70. The van der Waals surface area contributed by atoms with Gasteiger partial charge in [0, 0.05) is 19.6 Å². The second kappa shape index (κ2) is 5.68. The van der Waals surface area contributed by atoms with Crippen LogP contribution in [0.3, 0.4) is 0 Å². The van der Waals surface area contributed by atoms with Crippen LogP contribution >= 0.6 is 0 Å². The van der Waals surface area contributed by atoms with Crippen molar-refractivity contribution in [3.8, 4) is 0 Å². The lowest BCUT2D eigenvalue weighted by Crippen LogP contribution is -2.49. The summed E-state index contributed by atoms with van der Waals surface area (Å²) in [5.41, 5.74) is 1.01. The van der Waals surface area contributed by atoms with E-state index in [4.69, 9.17) is 0 Å². The van der Waals surface area contributed by atoms with Crippen molar-refractivity contribution in [3.05, 3.63) is 29.8 Å². The number of nitrogens with zero attached hydrogens (tertiary/aromatic N) is 1. The molecule has 1 aromatic rings. The van der Waals surface area contributed by atoms with Crippen LogP contribution in [0.4, 0.5) is 0 Å². The molecule has 0 aromatic heterocycles. The number of nitrogens with one attached hydrogen (secondary N) is 2. The Balaban J connectivity index is 2.21. The molecular formula is C12H17N3O3S. The number of hydrogen-bond donors (Lipinski definition) is 2. The molecule has 0 atom stereocenters. The van der Waals surface area contributed by atoms with Crippen molar-refractivity contribution in [3.63, 3.8) is 0 Å². The van der Waals surface area contributed by atoms with E-state index in [-0.39, 0.29) is 17.3 Å². The maximum Gasteiger partial charge on any atom is 0.243 e. The van der Waals surface area contributed by atoms with Crippen molar-refractivity contribution in [2.75, 3.05) is 26.7 Å². The van der Waals surface area contributed by atoms with Crippen LogP contribution in [0.2, 0.25) is 0 Å². The molecule has 1 aliphatic rings. The molecule has 0 bridgehead atoms. The third-order valence-corrected chi connectivity index (χ3v) is 4.80. The van der Waals surface area contributed by atoms with Crippen LogP contribution < -0.4 is 10.6 Å². The summed E-state index contributed by atoms with van der Waals surface area (Å²) in [6.07, 6.45) is 0. The van der Waals surface area contributed by atoms with Crippen LogP contribution in [-0.4, -0.2) is 45.3 Å². The van der Waals surface area contributed by atoms with Gasteiger partial charge >= 0.3 is 0 Å². The molecule has 1 fully saturated rings. The zero-order valence-corrected chi connectivity index (χ0v) is 11.5. The van der Waals surface area contributed by atoms with Crippen LogP contribution in [0.25, 0.3) is 0 Å². The van der Waals surface area contributed by atoms with E-state index in [1.165, 1.54) is 4.31 Å². The highest BCUT2D eigenvalue weighted by atomic mass is 32.2. The Morgan fingerprint density at radius 3 is 2.58 bits per heavy atom. The van der Waals surface area contributed by atoms with Gasteiger partial charge in [0.25, 0.3) is 0 Å². The Kier molecular flexibility index (Phi) is 4.18. The molecule has 2 rings (SSSR count). The SMILES string of the molecule is CNCc1ccc(S(=O)(=O)N2CCNC(=O)C2)cc1. The van der Waals surface area contributed by atoms with Crippen molar-refractivity contribution in [2.24, 2.45) is 0 Å². The fourth-order valence-electron chi connectivity index (χ4n) is 1.95. The first-order valence-corrected chi connectivity index (χ1v) is 7.48. The lowest BCUT2D eigenvalue weighted by molar-refractivity contribution is -0.122. The molecule has 1 amide bonds. The number of amides is 1. The Morgan fingerprint density at radius 1 is 1.32 bits per heavy atom. The van der Waals surface area contributed by atoms with Gasteiger partial charge in [-0.25, -0.2) is 8.42 Å².